The minimum atomic E-state index is 0.193. The van der Waals surface area contributed by atoms with Crippen LogP contribution in [0.3, 0.4) is 0 Å². The zero-order valence-corrected chi connectivity index (χ0v) is 15.5. The number of likely N-dealkylation sites (tertiary alicyclic amines) is 1. The van der Waals surface area contributed by atoms with Gasteiger partial charge in [-0.3, -0.25) is 9.69 Å². The maximum Gasteiger partial charge on any atom is 0.236 e. The second-order valence-electron chi connectivity index (χ2n) is 7.49. The first-order valence-electron chi connectivity index (χ1n) is 9.27. The van der Waals surface area contributed by atoms with Crippen LogP contribution in [-0.4, -0.2) is 62.7 Å². The summed E-state index contributed by atoms with van der Waals surface area (Å²) >= 11 is 0. The van der Waals surface area contributed by atoms with Crippen molar-refractivity contribution in [3.8, 4) is 5.75 Å². The summed E-state index contributed by atoms with van der Waals surface area (Å²) in [5, 5.41) is 0. The van der Waals surface area contributed by atoms with Gasteiger partial charge < -0.3 is 14.4 Å². The summed E-state index contributed by atoms with van der Waals surface area (Å²) in [5.74, 6) is 1.03. The predicted molar refractivity (Wildman–Crippen MR) is 97.6 cm³/mol. The number of carbonyl (C=O) groups is 1. The molecule has 0 unspecified atom stereocenters. The Labute approximate surface area is 150 Å². The smallest absolute Gasteiger partial charge is 0.236 e. The highest BCUT2D eigenvalue weighted by molar-refractivity contribution is 5.78. The summed E-state index contributed by atoms with van der Waals surface area (Å²) in [4.78, 5) is 16.7. The molecule has 138 valence electrons. The van der Waals surface area contributed by atoms with E-state index in [2.05, 4.69) is 4.90 Å². The summed E-state index contributed by atoms with van der Waals surface area (Å²) in [6.45, 7) is 5.04. The van der Waals surface area contributed by atoms with Crippen LogP contribution in [0, 0.1) is 5.41 Å². The number of ether oxygens (including phenoxy) is 2. The van der Waals surface area contributed by atoms with Crippen molar-refractivity contribution in [3.63, 3.8) is 0 Å². The second-order valence-corrected chi connectivity index (χ2v) is 7.49. The Balaban J connectivity index is 1.45. The van der Waals surface area contributed by atoms with Crippen LogP contribution in [0.25, 0.3) is 0 Å². The molecule has 2 fully saturated rings. The number of methoxy groups -OCH3 is 1. The average Bonchev–Trinajstić information content (AvgIpc) is 2.65. The molecule has 1 spiro atoms. The zero-order chi connectivity index (χ0) is 17.7. The Kier molecular flexibility index (Phi) is 5.97. The van der Waals surface area contributed by atoms with Gasteiger partial charge in [-0.2, -0.15) is 0 Å². The van der Waals surface area contributed by atoms with Crippen molar-refractivity contribution < 1.29 is 14.3 Å². The van der Waals surface area contributed by atoms with Crippen molar-refractivity contribution in [2.45, 2.75) is 32.2 Å². The lowest BCUT2D eigenvalue weighted by molar-refractivity contribution is -0.132. The van der Waals surface area contributed by atoms with Crippen LogP contribution in [0.15, 0.2) is 24.3 Å². The Hall–Kier alpha value is -1.59. The fourth-order valence-corrected chi connectivity index (χ4v) is 3.89. The monoisotopic (exact) mass is 346 g/mol. The quantitative estimate of drug-likeness (QED) is 0.822. The molecule has 1 amide bonds. The van der Waals surface area contributed by atoms with Gasteiger partial charge in [-0.15, -0.1) is 0 Å². The van der Waals surface area contributed by atoms with Gasteiger partial charge in [0, 0.05) is 26.8 Å². The molecule has 1 aromatic carbocycles. The van der Waals surface area contributed by atoms with Gasteiger partial charge in [0.05, 0.1) is 13.7 Å². The summed E-state index contributed by atoms with van der Waals surface area (Å²) in [6.07, 6.45) is 4.77. The highest BCUT2D eigenvalue weighted by atomic mass is 16.5. The number of benzene rings is 1. The number of likely N-dealkylation sites (N-methyl/N-ethyl adjacent to an activating group) is 1. The molecular formula is C20H30N2O3. The molecule has 0 radical (unpaired) electrons. The molecule has 2 aliphatic heterocycles. The minimum absolute atomic E-state index is 0.193. The molecule has 2 saturated heterocycles. The van der Waals surface area contributed by atoms with Crippen LogP contribution < -0.4 is 4.74 Å². The molecule has 3 rings (SSSR count). The van der Waals surface area contributed by atoms with E-state index < -0.39 is 0 Å². The van der Waals surface area contributed by atoms with Crippen LogP contribution in [0.5, 0.6) is 5.75 Å². The maximum atomic E-state index is 12.5. The van der Waals surface area contributed by atoms with E-state index in [9.17, 15) is 4.79 Å². The molecule has 0 atom stereocenters. The van der Waals surface area contributed by atoms with E-state index in [1.165, 1.54) is 25.7 Å². The largest absolute Gasteiger partial charge is 0.497 e. The predicted octanol–water partition coefficient (Wildman–Crippen LogP) is 2.55. The third-order valence-corrected chi connectivity index (χ3v) is 5.83. The standard InChI is InChI=1S/C20H30N2O3/c1-21(15-17-3-5-18(24-2)6-4-17)19(23)16-22-11-7-20(8-12-22)9-13-25-14-10-20/h3-6H,7-16H2,1-2H3. The first kappa shape index (κ1) is 18.2. The molecule has 0 N–H and O–H groups in total. The first-order chi connectivity index (χ1) is 12.1. The van der Waals surface area contributed by atoms with Gasteiger partial charge in [0.25, 0.3) is 0 Å². The van der Waals surface area contributed by atoms with E-state index in [4.69, 9.17) is 9.47 Å². The normalized spacial score (nSPS) is 20.4. The van der Waals surface area contributed by atoms with E-state index >= 15 is 0 Å². The van der Waals surface area contributed by atoms with E-state index in [1.54, 1.807) is 7.11 Å². The lowest BCUT2D eigenvalue weighted by Gasteiger charge is -2.44. The van der Waals surface area contributed by atoms with E-state index in [-0.39, 0.29) is 5.91 Å². The Morgan fingerprint density at radius 3 is 2.40 bits per heavy atom. The maximum absolute atomic E-state index is 12.5. The number of hydrogen-bond acceptors (Lipinski definition) is 4. The van der Waals surface area contributed by atoms with Gasteiger partial charge in [0.2, 0.25) is 5.91 Å². The minimum Gasteiger partial charge on any atom is -0.497 e. The molecule has 0 bridgehead atoms. The average molecular weight is 346 g/mol. The number of hydrogen-bond donors (Lipinski definition) is 0. The molecule has 2 aliphatic rings. The van der Waals surface area contributed by atoms with Crippen molar-refractivity contribution in [1.29, 1.82) is 0 Å². The molecule has 0 aromatic heterocycles. The molecule has 5 heteroatoms. The molecule has 2 heterocycles. The Morgan fingerprint density at radius 2 is 1.80 bits per heavy atom. The second kappa shape index (κ2) is 8.19. The van der Waals surface area contributed by atoms with Gasteiger partial charge in [-0.05, 0) is 61.9 Å². The molecular weight excluding hydrogens is 316 g/mol. The van der Waals surface area contributed by atoms with Crippen molar-refractivity contribution >= 4 is 5.91 Å². The van der Waals surface area contributed by atoms with Crippen LogP contribution in [-0.2, 0) is 16.1 Å². The van der Waals surface area contributed by atoms with Gasteiger partial charge in [0.15, 0.2) is 0 Å². The van der Waals surface area contributed by atoms with Gasteiger partial charge in [-0.25, -0.2) is 0 Å². The summed E-state index contributed by atoms with van der Waals surface area (Å²) in [5.41, 5.74) is 1.60. The van der Waals surface area contributed by atoms with Crippen LogP contribution in [0.4, 0.5) is 0 Å². The fraction of sp³-hybridized carbons (Fsp3) is 0.650. The SMILES string of the molecule is COc1ccc(CN(C)C(=O)CN2CCC3(CCOCC3)CC2)cc1. The summed E-state index contributed by atoms with van der Waals surface area (Å²) in [6, 6.07) is 7.90. The number of nitrogens with zero attached hydrogens (tertiary/aromatic N) is 2. The highest BCUT2D eigenvalue weighted by Crippen LogP contribution is 2.40. The zero-order valence-electron chi connectivity index (χ0n) is 15.5. The van der Waals surface area contributed by atoms with Crippen molar-refractivity contribution in [3.05, 3.63) is 29.8 Å². The molecule has 25 heavy (non-hydrogen) atoms. The molecule has 0 aliphatic carbocycles. The van der Waals surface area contributed by atoms with E-state index in [0.29, 0.717) is 18.5 Å². The van der Waals surface area contributed by atoms with Crippen molar-refractivity contribution in [2.75, 3.05) is 47.0 Å². The Morgan fingerprint density at radius 1 is 1.16 bits per heavy atom. The van der Waals surface area contributed by atoms with E-state index in [1.807, 2.05) is 36.2 Å². The van der Waals surface area contributed by atoms with E-state index in [0.717, 1.165) is 37.6 Å². The molecule has 0 saturated carbocycles. The van der Waals surface area contributed by atoms with Crippen LogP contribution >= 0.6 is 0 Å². The summed E-state index contributed by atoms with van der Waals surface area (Å²) in [7, 11) is 3.55. The topological polar surface area (TPSA) is 42.0 Å². The Bertz CT molecular complexity index is 557. The van der Waals surface area contributed by atoms with Crippen LogP contribution in [0.1, 0.15) is 31.2 Å². The van der Waals surface area contributed by atoms with Gasteiger partial charge in [-0.1, -0.05) is 12.1 Å². The third-order valence-electron chi connectivity index (χ3n) is 5.83. The fourth-order valence-electron chi connectivity index (χ4n) is 3.89. The van der Waals surface area contributed by atoms with Crippen molar-refractivity contribution in [2.24, 2.45) is 5.41 Å². The van der Waals surface area contributed by atoms with Gasteiger partial charge in [0.1, 0.15) is 5.75 Å². The van der Waals surface area contributed by atoms with Crippen LogP contribution in [0.2, 0.25) is 0 Å². The molecule has 1 aromatic rings. The lowest BCUT2D eigenvalue weighted by atomic mass is 9.72. The lowest BCUT2D eigenvalue weighted by Crippen LogP contribution is -2.46. The molecule has 5 nitrogen and oxygen atoms in total. The first-order valence-corrected chi connectivity index (χ1v) is 9.27. The highest BCUT2D eigenvalue weighted by Gasteiger charge is 2.36. The number of amides is 1. The van der Waals surface area contributed by atoms with Crippen molar-refractivity contribution in [1.82, 2.24) is 9.80 Å². The third kappa shape index (κ3) is 4.73. The number of piperidine rings is 1. The summed E-state index contributed by atoms with van der Waals surface area (Å²) < 4.78 is 10.7. The number of rotatable bonds is 5. The van der Waals surface area contributed by atoms with Gasteiger partial charge >= 0.3 is 0 Å². The number of carbonyl (C=O) groups excluding carboxylic acids is 1.